The van der Waals surface area contributed by atoms with Gasteiger partial charge in [0.15, 0.2) is 0 Å². The van der Waals surface area contributed by atoms with E-state index in [2.05, 4.69) is 5.32 Å². The molecular formula is C19H19NO5. The van der Waals surface area contributed by atoms with Gasteiger partial charge in [0, 0.05) is 24.0 Å². The molecule has 0 aromatic heterocycles. The molecule has 6 nitrogen and oxygen atoms in total. The van der Waals surface area contributed by atoms with E-state index in [-0.39, 0.29) is 5.91 Å². The average Bonchev–Trinajstić information content (AvgIpc) is 3.29. The second-order valence-electron chi connectivity index (χ2n) is 5.91. The number of hydrogen-bond donors (Lipinski definition) is 1. The van der Waals surface area contributed by atoms with Crippen molar-refractivity contribution in [3.63, 3.8) is 0 Å². The van der Waals surface area contributed by atoms with E-state index < -0.39 is 0 Å². The van der Waals surface area contributed by atoms with Crippen LogP contribution in [0.5, 0.6) is 23.0 Å². The number of methoxy groups -OCH3 is 2. The normalized spacial score (nSPS) is 14.2. The minimum Gasteiger partial charge on any atom is -0.496 e. The number of carbonyl (C=O) groups excluding carboxylic acids is 1. The van der Waals surface area contributed by atoms with Crippen molar-refractivity contribution in [2.24, 2.45) is 0 Å². The molecular weight excluding hydrogens is 322 g/mol. The summed E-state index contributed by atoms with van der Waals surface area (Å²) in [6.45, 7) is 1.22. The van der Waals surface area contributed by atoms with Gasteiger partial charge < -0.3 is 24.3 Å². The maximum Gasteiger partial charge on any atom is 0.263 e. The third kappa shape index (κ3) is 2.54. The van der Waals surface area contributed by atoms with E-state index in [4.69, 9.17) is 18.9 Å². The summed E-state index contributed by atoms with van der Waals surface area (Å²) in [7, 11) is 3.06. The van der Waals surface area contributed by atoms with Crippen LogP contribution in [0.4, 0.5) is 5.69 Å². The Labute approximate surface area is 145 Å². The number of nitrogens with one attached hydrogen (secondary N) is 1. The van der Waals surface area contributed by atoms with Gasteiger partial charge in [-0.3, -0.25) is 4.79 Å². The molecule has 0 saturated carbocycles. The maximum atomic E-state index is 13.0. The first-order valence-corrected chi connectivity index (χ1v) is 8.19. The Bertz CT molecular complexity index is 792. The zero-order valence-electron chi connectivity index (χ0n) is 14.2. The molecule has 0 bridgehead atoms. The van der Waals surface area contributed by atoms with Crippen LogP contribution in [0.3, 0.4) is 0 Å². The predicted octanol–water partition coefficient (Wildman–Crippen LogP) is 2.83. The lowest BCUT2D eigenvalue weighted by atomic mass is 10.0. The van der Waals surface area contributed by atoms with E-state index in [1.165, 1.54) is 14.2 Å². The fourth-order valence-electron chi connectivity index (χ4n) is 3.37. The van der Waals surface area contributed by atoms with Crippen LogP contribution in [0.15, 0.2) is 24.3 Å². The molecule has 0 fully saturated rings. The summed E-state index contributed by atoms with van der Waals surface area (Å²) in [6.07, 6.45) is 1.55. The fraction of sp³-hybridized carbons (Fsp3) is 0.316. The van der Waals surface area contributed by atoms with E-state index in [0.717, 1.165) is 35.5 Å². The molecule has 25 heavy (non-hydrogen) atoms. The second-order valence-corrected chi connectivity index (χ2v) is 5.91. The van der Waals surface area contributed by atoms with E-state index >= 15 is 0 Å². The number of carbonyl (C=O) groups is 1. The highest BCUT2D eigenvalue weighted by Gasteiger charge is 2.29. The van der Waals surface area contributed by atoms with Gasteiger partial charge >= 0.3 is 0 Å². The largest absolute Gasteiger partial charge is 0.496 e. The average molecular weight is 341 g/mol. The summed E-state index contributed by atoms with van der Waals surface area (Å²) in [5.74, 6) is 2.18. The molecule has 1 amide bonds. The lowest BCUT2D eigenvalue weighted by molar-refractivity contribution is 0.102. The lowest BCUT2D eigenvalue weighted by Crippen LogP contribution is -2.16. The zero-order chi connectivity index (χ0) is 17.4. The zero-order valence-corrected chi connectivity index (χ0v) is 14.2. The second kappa shape index (κ2) is 6.20. The molecule has 0 saturated heterocycles. The van der Waals surface area contributed by atoms with Crippen molar-refractivity contribution in [1.82, 2.24) is 0 Å². The van der Waals surface area contributed by atoms with Crippen LogP contribution in [0.25, 0.3) is 0 Å². The van der Waals surface area contributed by atoms with Gasteiger partial charge in [0.25, 0.3) is 5.91 Å². The Morgan fingerprint density at radius 2 is 1.80 bits per heavy atom. The molecule has 2 aliphatic heterocycles. The Balaban J connectivity index is 1.76. The van der Waals surface area contributed by atoms with Crippen LogP contribution in [-0.2, 0) is 12.8 Å². The van der Waals surface area contributed by atoms with Gasteiger partial charge in [0.2, 0.25) is 0 Å². The summed E-state index contributed by atoms with van der Waals surface area (Å²) < 4.78 is 22.1. The number of hydrogen-bond acceptors (Lipinski definition) is 5. The highest BCUT2D eigenvalue weighted by Crippen LogP contribution is 2.44. The number of anilines is 1. The Kier molecular flexibility index (Phi) is 3.87. The van der Waals surface area contributed by atoms with Crippen molar-refractivity contribution < 1.29 is 23.7 Å². The lowest BCUT2D eigenvalue weighted by Gasteiger charge is -2.16. The van der Waals surface area contributed by atoms with Crippen LogP contribution in [0.1, 0.15) is 21.5 Å². The number of rotatable bonds is 4. The van der Waals surface area contributed by atoms with Crippen LogP contribution < -0.4 is 24.3 Å². The molecule has 2 aromatic carbocycles. The van der Waals surface area contributed by atoms with Crippen LogP contribution in [-0.4, -0.2) is 33.3 Å². The summed E-state index contributed by atoms with van der Waals surface area (Å²) in [4.78, 5) is 13.0. The van der Waals surface area contributed by atoms with Gasteiger partial charge in [-0.2, -0.15) is 0 Å². The summed E-state index contributed by atoms with van der Waals surface area (Å²) in [6, 6.07) is 7.26. The predicted molar refractivity (Wildman–Crippen MR) is 92.3 cm³/mol. The van der Waals surface area contributed by atoms with E-state index in [0.29, 0.717) is 36.0 Å². The van der Waals surface area contributed by atoms with Crippen molar-refractivity contribution in [3.8, 4) is 23.0 Å². The van der Waals surface area contributed by atoms with Gasteiger partial charge in [0.1, 0.15) is 28.6 Å². The van der Waals surface area contributed by atoms with Crippen LogP contribution >= 0.6 is 0 Å². The molecule has 2 aromatic rings. The van der Waals surface area contributed by atoms with Crippen molar-refractivity contribution in [2.45, 2.75) is 12.8 Å². The molecule has 4 rings (SSSR count). The molecule has 0 spiro atoms. The highest BCUT2D eigenvalue weighted by molar-refractivity contribution is 6.09. The molecule has 0 aliphatic carbocycles. The number of amides is 1. The molecule has 6 heteroatoms. The van der Waals surface area contributed by atoms with Crippen LogP contribution in [0, 0.1) is 0 Å². The minimum absolute atomic E-state index is 0.299. The molecule has 2 aliphatic rings. The molecule has 0 unspecified atom stereocenters. The van der Waals surface area contributed by atoms with Crippen molar-refractivity contribution >= 4 is 11.6 Å². The SMILES string of the molecule is COc1cccc(OC)c1C(=O)Nc1c2c(cc3c1OCC3)OCC2. The quantitative estimate of drug-likeness (QED) is 0.926. The Hall–Kier alpha value is -2.89. The van der Waals surface area contributed by atoms with Crippen molar-refractivity contribution in [3.05, 3.63) is 41.0 Å². The van der Waals surface area contributed by atoms with Crippen LogP contribution in [0.2, 0.25) is 0 Å². The van der Waals surface area contributed by atoms with Gasteiger partial charge in [-0.1, -0.05) is 6.07 Å². The summed E-state index contributed by atoms with van der Waals surface area (Å²) in [5.41, 5.74) is 3.09. The summed E-state index contributed by atoms with van der Waals surface area (Å²) >= 11 is 0. The van der Waals surface area contributed by atoms with Gasteiger partial charge in [-0.25, -0.2) is 0 Å². The topological polar surface area (TPSA) is 66.0 Å². The smallest absolute Gasteiger partial charge is 0.263 e. The standard InChI is InChI=1S/C19H19NO5/c1-22-13-4-3-5-14(23-2)16(13)19(21)20-17-12-7-9-24-15(12)10-11-6-8-25-18(11)17/h3-5,10H,6-9H2,1-2H3,(H,20,21). The number of ether oxygens (including phenoxy) is 4. The fourth-order valence-corrected chi connectivity index (χ4v) is 3.37. The molecule has 0 atom stereocenters. The molecule has 130 valence electrons. The third-order valence-corrected chi connectivity index (χ3v) is 4.54. The molecule has 0 radical (unpaired) electrons. The first-order valence-electron chi connectivity index (χ1n) is 8.19. The minimum atomic E-state index is -0.299. The van der Waals surface area contributed by atoms with Crippen molar-refractivity contribution in [2.75, 3.05) is 32.8 Å². The first-order chi connectivity index (χ1) is 12.2. The Morgan fingerprint density at radius 3 is 2.52 bits per heavy atom. The Morgan fingerprint density at radius 1 is 1.08 bits per heavy atom. The van der Waals surface area contributed by atoms with E-state index in [1.54, 1.807) is 18.2 Å². The van der Waals surface area contributed by atoms with E-state index in [9.17, 15) is 4.79 Å². The maximum absolute atomic E-state index is 13.0. The van der Waals surface area contributed by atoms with Gasteiger partial charge in [-0.15, -0.1) is 0 Å². The third-order valence-electron chi connectivity index (χ3n) is 4.54. The monoisotopic (exact) mass is 341 g/mol. The van der Waals surface area contributed by atoms with E-state index in [1.807, 2.05) is 6.07 Å². The summed E-state index contributed by atoms with van der Waals surface area (Å²) in [5, 5.41) is 3.00. The van der Waals surface area contributed by atoms with Gasteiger partial charge in [0.05, 0.1) is 33.1 Å². The molecule has 1 N–H and O–H groups in total. The molecule has 2 heterocycles. The first kappa shape index (κ1) is 15.6. The highest BCUT2D eigenvalue weighted by atomic mass is 16.5. The van der Waals surface area contributed by atoms with Crippen molar-refractivity contribution in [1.29, 1.82) is 0 Å². The number of benzene rings is 2. The number of fused-ring (bicyclic) bond motifs is 2. The van der Waals surface area contributed by atoms with Gasteiger partial charge in [-0.05, 0) is 18.2 Å².